The van der Waals surface area contributed by atoms with Crippen LogP contribution < -0.4 is 0 Å². The van der Waals surface area contributed by atoms with Crippen molar-refractivity contribution in [3.8, 4) is 5.75 Å². The Hall–Kier alpha value is -0.810. The third-order valence-corrected chi connectivity index (χ3v) is 3.23. The molecule has 1 aromatic rings. The van der Waals surface area contributed by atoms with Gasteiger partial charge in [-0.2, -0.15) is 0 Å². The van der Waals surface area contributed by atoms with E-state index in [1.165, 1.54) is 0 Å². The highest BCUT2D eigenvalue weighted by Gasteiger charge is 2.15. The zero-order valence-corrected chi connectivity index (χ0v) is 12.5. The highest BCUT2D eigenvalue weighted by atomic mass is 35.5. The molecule has 1 aliphatic rings. The van der Waals surface area contributed by atoms with Crippen LogP contribution in [0.2, 0.25) is 0 Å². The summed E-state index contributed by atoms with van der Waals surface area (Å²) in [6.45, 7) is 4.81. The second kappa shape index (κ2) is 8.38. The van der Waals surface area contributed by atoms with Crippen molar-refractivity contribution in [3.05, 3.63) is 29.3 Å². The average Bonchev–Trinajstić information content (AvgIpc) is 2.35. The molecular formula is C13H20Cl2N2O2. The van der Waals surface area contributed by atoms with Crippen LogP contribution in [0, 0.1) is 0 Å². The van der Waals surface area contributed by atoms with E-state index in [0.29, 0.717) is 12.1 Å². The molecule has 19 heavy (non-hydrogen) atoms. The van der Waals surface area contributed by atoms with Crippen LogP contribution in [0.5, 0.6) is 5.75 Å². The van der Waals surface area contributed by atoms with Gasteiger partial charge in [0.2, 0.25) is 0 Å². The summed E-state index contributed by atoms with van der Waals surface area (Å²) in [5.41, 5.74) is 1.45. The summed E-state index contributed by atoms with van der Waals surface area (Å²) >= 11 is 0. The van der Waals surface area contributed by atoms with Crippen molar-refractivity contribution in [2.24, 2.45) is 0 Å². The number of aromatic hydroxyl groups is 1. The molecule has 0 aromatic heterocycles. The molecule has 0 bridgehead atoms. The van der Waals surface area contributed by atoms with Gasteiger partial charge in [-0.25, -0.2) is 0 Å². The summed E-state index contributed by atoms with van der Waals surface area (Å²) in [6.07, 6.45) is 0.812. The summed E-state index contributed by atoms with van der Waals surface area (Å²) in [7, 11) is 2.11. The number of rotatable bonds is 3. The van der Waals surface area contributed by atoms with Gasteiger partial charge in [0, 0.05) is 43.9 Å². The van der Waals surface area contributed by atoms with Gasteiger partial charge in [0.25, 0.3) is 0 Å². The monoisotopic (exact) mass is 306 g/mol. The van der Waals surface area contributed by atoms with Gasteiger partial charge in [0.1, 0.15) is 12.0 Å². The van der Waals surface area contributed by atoms with E-state index in [4.69, 9.17) is 0 Å². The lowest BCUT2D eigenvalue weighted by Crippen LogP contribution is -2.43. The Bertz CT molecular complexity index is 408. The summed E-state index contributed by atoms with van der Waals surface area (Å²) in [6, 6.07) is 4.99. The Kier molecular flexibility index (Phi) is 8.02. The van der Waals surface area contributed by atoms with E-state index in [1.54, 1.807) is 18.2 Å². The maximum absolute atomic E-state index is 10.7. The van der Waals surface area contributed by atoms with Crippen LogP contribution in [0.4, 0.5) is 0 Å². The van der Waals surface area contributed by atoms with Crippen molar-refractivity contribution < 1.29 is 9.90 Å². The quantitative estimate of drug-likeness (QED) is 0.865. The lowest BCUT2D eigenvalue weighted by Gasteiger charge is -2.32. The fourth-order valence-electron chi connectivity index (χ4n) is 2.05. The Morgan fingerprint density at radius 3 is 2.42 bits per heavy atom. The number of hydrogen-bond acceptors (Lipinski definition) is 4. The second-order valence-corrected chi connectivity index (χ2v) is 4.59. The molecule has 2 rings (SSSR count). The lowest BCUT2D eigenvalue weighted by atomic mass is 10.1. The van der Waals surface area contributed by atoms with E-state index in [0.717, 1.165) is 38.0 Å². The zero-order chi connectivity index (χ0) is 12.3. The van der Waals surface area contributed by atoms with E-state index in [1.807, 2.05) is 0 Å². The minimum Gasteiger partial charge on any atom is -0.508 e. The Morgan fingerprint density at radius 2 is 1.84 bits per heavy atom. The SMILES string of the molecule is CN1CCN(Cc2cc(C=O)ccc2O)CC1.Cl.Cl. The van der Waals surface area contributed by atoms with Crippen molar-refractivity contribution in [1.82, 2.24) is 9.80 Å². The number of carbonyl (C=O) groups excluding carboxylic acids is 1. The van der Waals surface area contributed by atoms with Gasteiger partial charge in [0.05, 0.1) is 0 Å². The van der Waals surface area contributed by atoms with Crippen LogP contribution in [0.15, 0.2) is 18.2 Å². The Labute approximate surface area is 126 Å². The lowest BCUT2D eigenvalue weighted by molar-refractivity contribution is 0.112. The number of carbonyl (C=O) groups is 1. The van der Waals surface area contributed by atoms with Crippen LogP contribution in [-0.4, -0.2) is 54.4 Å². The minimum atomic E-state index is 0. The highest BCUT2D eigenvalue weighted by molar-refractivity contribution is 5.85. The van der Waals surface area contributed by atoms with Crippen molar-refractivity contribution >= 4 is 31.1 Å². The standard InChI is InChI=1S/C13H18N2O2.2ClH/c1-14-4-6-15(7-5-14)9-12-8-11(10-16)2-3-13(12)17;;/h2-3,8,10,17H,4-7,9H2,1H3;2*1H. The molecule has 0 atom stereocenters. The van der Waals surface area contributed by atoms with E-state index in [2.05, 4.69) is 16.8 Å². The first kappa shape index (κ1) is 18.2. The van der Waals surface area contributed by atoms with Crippen molar-refractivity contribution in [1.29, 1.82) is 0 Å². The van der Waals surface area contributed by atoms with Crippen LogP contribution >= 0.6 is 24.8 Å². The fourth-order valence-corrected chi connectivity index (χ4v) is 2.05. The number of phenols is 1. The maximum Gasteiger partial charge on any atom is 0.150 e. The summed E-state index contributed by atoms with van der Waals surface area (Å²) in [4.78, 5) is 15.3. The molecule has 108 valence electrons. The number of halogens is 2. The molecule has 0 amide bonds. The zero-order valence-electron chi connectivity index (χ0n) is 10.9. The molecule has 0 unspecified atom stereocenters. The van der Waals surface area contributed by atoms with Crippen LogP contribution in [0.1, 0.15) is 15.9 Å². The number of likely N-dealkylation sites (N-methyl/N-ethyl adjacent to an activating group) is 1. The molecule has 1 aromatic carbocycles. The molecule has 1 fully saturated rings. The van der Waals surface area contributed by atoms with E-state index in [9.17, 15) is 9.90 Å². The molecule has 1 saturated heterocycles. The highest BCUT2D eigenvalue weighted by Crippen LogP contribution is 2.20. The largest absolute Gasteiger partial charge is 0.508 e. The molecule has 1 N–H and O–H groups in total. The molecule has 0 radical (unpaired) electrons. The van der Waals surface area contributed by atoms with Crippen LogP contribution in [-0.2, 0) is 6.54 Å². The number of benzene rings is 1. The minimum absolute atomic E-state index is 0. The maximum atomic E-state index is 10.7. The van der Waals surface area contributed by atoms with Gasteiger partial charge < -0.3 is 10.0 Å². The third kappa shape index (κ3) is 4.99. The smallest absolute Gasteiger partial charge is 0.150 e. The van der Waals surface area contributed by atoms with E-state index < -0.39 is 0 Å². The first-order valence-electron chi connectivity index (χ1n) is 5.87. The molecule has 6 heteroatoms. The first-order chi connectivity index (χ1) is 8.19. The van der Waals surface area contributed by atoms with Gasteiger partial charge in [-0.1, -0.05) is 0 Å². The van der Waals surface area contributed by atoms with Crippen LogP contribution in [0.3, 0.4) is 0 Å². The molecular weight excluding hydrogens is 287 g/mol. The average molecular weight is 307 g/mol. The topological polar surface area (TPSA) is 43.8 Å². The number of hydrogen-bond donors (Lipinski definition) is 1. The summed E-state index contributed by atoms with van der Waals surface area (Å²) < 4.78 is 0. The molecule has 4 nitrogen and oxygen atoms in total. The summed E-state index contributed by atoms with van der Waals surface area (Å²) in [5, 5.41) is 9.76. The van der Waals surface area contributed by atoms with Crippen molar-refractivity contribution in [2.45, 2.75) is 6.54 Å². The van der Waals surface area contributed by atoms with E-state index >= 15 is 0 Å². The van der Waals surface area contributed by atoms with Gasteiger partial charge in [0.15, 0.2) is 0 Å². The number of piperazine rings is 1. The second-order valence-electron chi connectivity index (χ2n) is 4.59. The Morgan fingerprint density at radius 1 is 1.21 bits per heavy atom. The number of nitrogens with zero attached hydrogens (tertiary/aromatic N) is 2. The number of phenolic OH excluding ortho intramolecular Hbond substituents is 1. The summed E-state index contributed by atoms with van der Waals surface area (Å²) in [5.74, 6) is 0.273. The van der Waals surface area contributed by atoms with Crippen LogP contribution in [0.25, 0.3) is 0 Å². The molecule has 1 aliphatic heterocycles. The van der Waals surface area contributed by atoms with Gasteiger partial charge in [-0.15, -0.1) is 24.8 Å². The Balaban J connectivity index is 0.00000162. The predicted octanol–water partition coefficient (Wildman–Crippen LogP) is 1.80. The fraction of sp³-hybridized carbons (Fsp3) is 0.462. The van der Waals surface area contributed by atoms with Gasteiger partial charge in [-0.05, 0) is 25.2 Å². The molecule has 0 saturated carbocycles. The van der Waals surface area contributed by atoms with Gasteiger partial charge >= 0.3 is 0 Å². The van der Waals surface area contributed by atoms with E-state index in [-0.39, 0.29) is 30.6 Å². The first-order valence-corrected chi connectivity index (χ1v) is 5.87. The normalized spacial score (nSPS) is 16.3. The number of aldehydes is 1. The molecule has 0 aliphatic carbocycles. The van der Waals surface area contributed by atoms with Crippen molar-refractivity contribution in [3.63, 3.8) is 0 Å². The van der Waals surface area contributed by atoms with Gasteiger partial charge in [-0.3, -0.25) is 9.69 Å². The predicted molar refractivity (Wildman–Crippen MR) is 80.8 cm³/mol. The third-order valence-electron chi connectivity index (χ3n) is 3.23. The molecule has 0 spiro atoms. The van der Waals surface area contributed by atoms with Crippen molar-refractivity contribution in [2.75, 3.05) is 33.2 Å². The molecule has 1 heterocycles.